The van der Waals surface area contributed by atoms with Gasteiger partial charge in [-0.05, 0) is 25.1 Å². The van der Waals surface area contributed by atoms with Gasteiger partial charge in [-0.2, -0.15) is 0 Å². The summed E-state index contributed by atoms with van der Waals surface area (Å²) >= 11 is 0. The third-order valence-corrected chi connectivity index (χ3v) is 4.00. The first-order valence-electron chi connectivity index (χ1n) is 8.26. The maximum Gasteiger partial charge on any atom is 0.341 e. The SMILES string of the molecule is CNc1ccc([N+](=O)[O-])cc1C(=O)O[C@@H](C)C(=O)Nc1ccc2c(c1)OCO2. The molecule has 0 radical (unpaired) electrons. The highest BCUT2D eigenvalue weighted by Crippen LogP contribution is 2.34. The van der Waals surface area contributed by atoms with Crippen molar-refractivity contribution < 1.29 is 28.7 Å². The zero-order chi connectivity index (χ0) is 20.3. The van der Waals surface area contributed by atoms with E-state index in [1.807, 2.05) is 0 Å². The predicted molar refractivity (Wildman–Crippen MR) is 98.7 cm³/mol. The number of carbonyl (C=O) groups excluding carboxylic acids is 2. The van der Waals surface area contributed by atoms with Crippen LogP contribution in [0.1, 0.15) is 17.3 Å². The quantitative estimate of drug-likeness (QED) is 0.439. The van der Waals surface area contributed by atoms with Crippen LogP contribution >= 0.6 is 0 Å². The van der Waals surface area contributed by atoms with Gasteiger partial charge in [0.2, 0.25) is 6.79 Å². The van der Waals surface area contributed by atoms with Crippen molar-refractivity contribution in [2.75, 3.05) is 24.5 Å². The van der Waals surface area contributed by atoms with E-state index in [4.69, 9.17) is 14.2 Å². The first-order chi connectivity index (χ1) is 13.4. The van der Waals surface area contributed by atoms with Crippen LogP contribution < -0.4 is 20.1 Å². The van der Waals surface area contributed by atoms with E-state index in [1.165, 1.54) is 19.1 Å². The molecule has 1 aliphatic rings. The van der Waals surface area contributed by atoms with Gasteiger partial charge in [0, 0.05) is 36.6 Å². The van der Waals surface area contributed by atoms with E-state index >= 15 is 0 Å². The van der Waals surface area contributed by atoms with Crippen molar-refractivity contribution in [3.63, 3.8) is 0 Å². The van der Waals surface area contributed by atoms with Crippen LogP contribution in [0.15, 0.2) is 36.4 Å². The van der Waals surface area contributed by atoms with E-state index in [1.54, 1.807) is 25.2 Å². The number of nitrogens with zero attached hydrogens (tertiary/aromatic N) is 1. The Hall–Kier alpha value is -3.82. The Bertz CT molecular complexity index is 945. The molecule has 28 heavy (non-hydrogen) atoms. The lowest BCUT2D eigenvalue weighted by Gasteiger charge is -2.15. The number of rotatable bonds is 6. The highest BCUT2D eigenvalue weighted by atomic mass is 16.7. The number of carbonyl (C=O) groups is 2. The predicted octanol–water partition coefficient (Wildman–Crippen LogP) is 2.55. The minimum atomic E-state index is -1.14. The minimum Gasteiger partial charge on any atom is -0.454 e. The van der Waals surface area contributed by atoms with Crippen molar-refractivity contribution in [3.05, 3.63) is 52.1 Å². The van der Waals surface area contributed by atoms with E-state index < -0.39 is 22.9 Å². The molecule has 0 bridgehead atoms. The van der Waals surface area contributed by atoms with Gasteiger partial charge < -0.3 is 24.8 Å². The van der Waals surface area contributed by atoms with Gasteiger partial charge in [0.25, 0.3) is 11.6 Å². The van der Waals surface area contributed by atoms with Crippen LogP contribution in [0.4, 0.5) is 17.1 Å². The summed E-state index contributed by atoms with van der Waals surface area (Å²) in [7, 11) is 1.56. The molecule has 10 heteroatoms. The van der Waals surface area contributed by atoms with Gasteiger partial charge in [0.05, 0.1) is 10.5 Å². The smallest absolute Gasteiger partial charge is 0.341 e. The van der Waals surface area contributed by atoms with Gasteiger partial charge in [-0.25, -0.2) is 4.79 Å². The summed E-state index contributed by atoms with van der Waals surface area (Å²) in [6, 6.07) is 8.62. The summed E-state index contributed by atoms with van der Waals surface area (Å²) in [6.07, 6.45) is -1.14. The monoisotopic (exact) mass is 387 g/mol. The second-order valence-corrected chi connectivity index (χ2v) is 5.84. The summed E-state index contributed by atoms with van der Waals surface area (Å²) in [4.78, 5) is 35.1. The minimum absolute atomic E-state index is 0.0422. The molecule has 0 aliphatic carbocycles. The Morgan fingerprint density at radius 3 is 2.64 bits per heavy atom. The molecule has 2 aromatic carbocycles. The van der Waals surface area contributed by atoms with E-state index in [9.17, 15) is 19.7 Å². The molecule has 0 aromatic heterocycles. The number of esters is 1. The van der Waals surface area contributed by atoms with Crippen molar-refractivity contribution in [3.8, 4) is 11.5 Å². The van der Waals surface area contributed by atoms with E-state index in [-0.39, 0.29) is 18.0 Å². The highest BCUT2D eigenvalue weighted by molar-refractivity contribution is 6.00. The van der Waals surface area contributed by atoms with E-state index in [0.29, 0.717) is 22.9 Å². The Balaban J connectivity index is 1.69. The number of non-ortho nitro benzene ring substituents is 1. The van der Waals surface area contributed by atoms with E-state index in [0.717, 1.165) is 6.07 Å². The molecule has 1 atom stereocenters. The van der Waals surface area contributed by atoms with Crippen molar-refractivity contribution >= 4 is 28.9 Å². The van der Waals surface area contributed by atoms with Gasteiger partial charge in [-0.3, -0.25) is 14.9 Å². The fraction of sp³-hybridized carbons (Fsp3) is 0.222. The van der Waals surface area contributed by atoms with Crippen LogP contribution in [-0.4, -0.2) is 36.7 Å². The number of nitro benzene ring substituents is 1. The Kier molecular flexibility index (Phi) is 5.30. The molecule has 3 rings (SSSR count). The Labute approximate surface area is 159 Å². The lowest BCUT2D eigenvalue weighted by atomic mass is 10.1. The maximum absolute atomic E-state index is 12.4. The topological polar surface area (TPSA) is 129 Å². The molecule has 2 aromatic rings. The lowest BCUT2D eigenvalue weighted by molar-refractivity contribution is -0.384. The normalized spacial score (nSPS) is 12.8. The number of nitro groups is 1. The number of benzene rings is 2. The number of nitrogens with one attached hydrogen (secondary N) is 2. The molecule has 1 heterocycles. The lowest BCUT2D eigenvalue weighted by Crippen LogP contribution is -2.30. The molecular formula is C18H17N3O7. The van der Waals surface area contributed by atoms with Crippen molar-refractivity contribution in [1.82, 2.24) is 0 Å². The van der Waals surface area contributed by atoms with E-state index in [2.05, 4.69) is 10.6 Å². The Morgan fingerprint density at radius 1 is 1.18 bits per heavy atom. The second kappa shape index (κ2) is 7.82. The molecule has 10 nitrogen and oxygen atoms in total. The number of anilines is 2. The first kappa shape index (κ1) is 19.0. The number of amides is 1. The average molecular weight is 387 g/mol. The third kappa shape index (κ3) is 3.95. The van der Waals surface area contributed by atoms with Crippen molar-refractivity contribution in [2.45, 2.75) is 13.0 Å². The second-order valence-electron chi connectivity index (χ2n) is 5.84. The molecule has 2 N–H and O–H groups in total. The largest absolute Gasteiger partial charge is 0.454 e. The maximum atomic E-state index is 12.4. The first-order valence-corrected chi connectivity index (χ1v) is 8.26. The standard InChI is InChI=1S/C18H17N3O7/c1-10(17(22)20-11-3-6-15-16(7-11)27-9-26-15)28-18(23)13-8-12(21(24)25)4-5-14(13)19-2/h3-8,10,19H,9H2,1-2H3,(H,20,22)/t10-/m0/s1. The zero-order valence-corrected chi connectivity index (χ0v) is 15.1. The van der Waals surface area contributed by atoms with Crippen LogP contribution in [0.2, 0.25) is 0 Å². The molecular weight excluding hydrogens is 370 g/mol. The summed E-state index contributed by atoms with van der Waals surface area (Å²) in [5, 5.41) is 16.3. The van der Waals surface area contributed by atoms with Crippen LogP contribution in [-0.2, 0) is 9.53 Å². The molecule has 0 spiro atoms. The summed E-state index contributed by atoms with van der Waals surface area (Å²) in [5.74, 6) is -0.356. The molecule has 0 saturated heterocycles. The number of fused-ring (bicyclic) bond motifs is 1. The third-order valence-electron chi connectivity index (χ3n) is 4.00. The van der Waals surface area contributed by atoms with Crippen molar-refractivity contribution in [1.29, 1.82) is 0 Å². The Morgan fingerprint density at radius 2 is 1.93 bits per heavy atom. The van der Waals surface area contributed by atoms with Crippen LogP contribution in [0.3, 0.4) is 0 Å². The summed E-state index contributed by atoms with van der Waals surface area (Å²) < 4.78 is 15.6. The van der Waals surface area contributed by atoms with Crippen LogP contribution in [0.25, 0.3) is 0 Å². The highest BCUT2D eigenvalue weighted by Gasteiger charge is 2.23. The molecule has 0 fully saturated rings. The van der Waals surface area contributed by atoms with Gasteiger partial charge in [-0.1, -0.05) is 0 Å². The van der Waals surface area contributed by atoms with Crippen LogP contribution in [0, 0.1) is 10.1 Å². The number of hydrogen-bond acceptors (Lipinski definition) is 8. The fourth-order valence-electron chi connectivity index (χ4n) is 2.53. The molecule has 1 amide bonds. The molecule has 1 aliphatic heterocycles. The summed E-state index contributed by atoms with van der Waals surface area (Å²) in [6.45, 7) is 1.51. The molecule has 0 unspecified atom stereocenters. The average Bonchev–Trinajstić information content (AvgIpc) is 3.15. The zero-order valence-electron chi connectivity index (χ0n) is 15.1. The summed E-state index contributed by atoms with van der Waals surface area (Å²) in [5.41, 5.74) is 0.491. The number of ether oxygens (including phenoxy) is 3. The fourth-order valence-corrected chi connectivity index (χ4v) is 2.53. The van der Waals surface area contributed by atoms with Gasteiger partial charge in [0.1, 0.15) is 0 Å². The molecule has 0 saturated carbocycles. The van der Waals surface area contributed by atoms with Crippen molar-refractivity contribution in [2.24, 2.45) is 0 Å². The van der Waals surface area contributed by atoms with Gasteiger partial charge in [-0.15, -0.1) is 0 Å². The number of hydrogen-bond donors (Lipinski definition) is 2. The van der Waals surface area contributed by atoms with Crippen LogP contribution in [0.5, 0.6) is 11.5 Å². The van der Waals surface area contributed by atoms with Gasteiger partial charge >= 0.3 is 5.97 Å². The molecule has 146 valence electrons. The van der Waals surface area contributed by atoms with Gasteiger partial charge in [0.15, 0.2) is 17.6 Å².